The molecule has 0 saturated heterocycles. The van der Waals surface area contributed by atoms with E-state index >= 15 is 0 Å². The average Bonchev–Trinajstić information content (AvgIpc) is 2.40. The first-order chi connectivity index (χ1) is 8.77. The van der Waals surface area contributed by atoms with Gasteiger partial charge in [0, 0.05) is 25.1 Å². The predicted molar refractivity (Wildman–Crippen MR) is 66.3 cm³/mol. The lowest BCUT2D eigenvalue weighted by molar-refractivity contribution is -0.138. The summed E-state index contributed by atoms with van der Waals surface area (Å²) in [4.78, 5) is 15.2. The lowest BCUT2D eigenvalue weighted by Gasteiger charge is -2.03. The Labute approximate surface area is 106 Å². The molecule has 1 aromatic rings. The molecule has 1 heterocycles. The zero-order valence-corrected chi connectivity index (χ0v) is 10.2. The molecule has 0 amide bonds. The molecule has 0 bridgehead atoms. The van der Waals surface area contributed by atoms with Crippen molar-refractivity contribution in [2.24, 2.45) is 0 Å². The van der Waals surface area contributed by atoms with E-state index in [9.17, 15) is 4.79 Å². The first-order valence-corrected chi connectivity index (χ1v) is 5.67. The quantitative estimate of drug-likeness (QED) is 0.352. The van der Waals surface area contributed by atoms with Gasteiger partial charge in [0.2, 0.25) is 0 Å². The van der Waals surface area contributed by atoms with E-state index in [1.54, 1.807) is 25.4 Å². The molecule has 0 atom stereocenters. The van der Waals surface area contributed by atoms with Crippen LogP contribution in [0.15, 0.2) is 36.3 Å². The van der Waals surface area contributed by atoms with E-state index in [2.05, 4.69) is 10.3 Å². The Kier molecular flexibility index (Phi) is 5.98. The number of nitrogens with one attached hydrogen (secondary N) is 1. The molecule has 0 aliphatic heterocycles. The summed E-state index contributed by atoms with van der Waals surface area (Å²) < 4.78 is 4.73. The summed E-state index contributed by atoms with van der Waals surface area (Å²) in [6, 6.07) is 5.64. The molecule has 18 heavy (non-hydrogen) atoms. The van der Waals surface area contributed by atoms with Crippen molar-refractivity contribution < 1.29 is 9.53 Å². The molecule has 0 aliphatic carbocycles. The van der Waals surface area contributed by atoms with Crippen molar-refractivity contribution in [1.82, 2.24) is 10.3 Å². The first-order valence-electron chi connectivity index (χ1n) is 5.67. The number of esters is 1. The van der Waals surface area contributed by atoms with Gasteiger partial charge in [0.05, 0.1) is 6.61 Å². The summed E-state index contributed by atoms with van der Waals surface area (Å²) in [5.41, 5.74) is 1.12. The number of carbonyl (C=O) groups excluding carboxylic acids is 1. The molecule has 0 unspecified atom stereocenters. The molecule has 0 fully saturated rings. The summed E-state index contributed by atoms with van der Waals surface area (Å²) >= 11 is 0. The maximum Gasteiger partial charge on any atom is 0.350 e. The summed E-state index contributed by atoms with van der Waals surface area (Å²) in [7, 11) is 0. The highest BCUT2D eigenvalue weighted by Gasteiger charge is 2.08. The van der Waals surface area contributed by atoms with Gasteiger partial charge in [0.1, 0.15) is 6.07 Å². The van der Waals surface area contributed by atoms with Crippen LogP contribution < -0.4 is 5.32 Å². The van der Waals surface area contributed by atoms with Crippen molar-refractivity contribution in [2.45, 2.75) is 13.3 Å². The van der Waals surface area contributed by atoms with E-state index < -0.39 is 5.97 Å². The van der Waals surface area contributed by atoms with Crippen molar-refractivity contribution >= 4 is 5.97 Å². The zero-order chi connectivity index (χ0) is 13.2. The van der Waals surface area contributed by atoms with E-state index in [4.69, 9.17) is 10.00 Å². The fourth-order valence-corrected chi connectivity index (χ4v) is 1.29. The Morgan fingerprint density at radius 1 is 1.56 bits per heavy atom. The summed E-state index contributed by atoms with van der Waals surface area (Å²) in [6.45, 7) is 2.59. The standard InChI is InChI=1S/C13H15N3O2/c1-2-18-13(17)12(9-14)10-16-8-5-11-3-6-15-7-4-11/h3-4,6-7,10,16H,2,5,8H2,1H3/b12-10-. The molecule has 0 radical (unpaired) electrons. The number of pyridine rings is 1. The summed E-state index contributed by atoms with van der Waals surface area (Å²) in [5, 5.41) is 11.7. The highest BCUT2D eigenvalue weighted by atomic mass is 16.5. The molecule has 5 heteroatoms. The van der Waals surface area contributed by atoms with Gasteiger partial charge in [0.25, 0.3) is 0 Å². The molecule has 0 aliphatic rings. The van der Waals surface area contributed by atoms with Crippen LogP contribution in [0.5, 0.6) is 0 Å². The SMILES string of the molecule is CCOC(=O)/C(C#N)=C\NCCc1ccncc1. The van der Waals surface area contributed by atoms with Crippen LogP contribution >= 0.6 is 0 Å². The molecular formula is C13H15N3O2. The van der Waals surface area contributed by atoms with E-state index in [-0.39, 0.29) is 12.2 Å². The first kappa shape index (κ1) is 13.7. The number of nitriles is 1. The third-order valence-corrected chi connectivity index (χ3v) is 2.17. The molecule has 1 N–H and O–H groups in total. The van der Waals surface area contributed by atoms with Gasteiger partial charge in [0.15, 0.2) is 5.57 Å². The van der Waals surface area contributed by atoms with Crippen LogP contribution in [0.3, 0.4) is 0 Å². The van der Waals surface area contributed by atoms with Gasteiger partial charge in [-0.15, -0.1) is 0 Å². The lowest BCUT2D eigenvalue weighted by atomic mass is 10.2. The second-order valence-corrected chi connectivity index (χ2v) is 3.45. The molecule has 94 valence electrons. The molecule has 5 nitrogen and oxygen atoms in total. The molecule has 1 rings (SSSR count). The maximum atomic E-state index is 11.3. The van der Waals surface area contributed by atoms with E-state index in [1.807, 2.05) is 12.1 Å². The molecular weight excluding hydrogens is 230 g/mol. The van der Waals surface area contributed by atoms with Crippen LogP contribution in [0.4, 0.5) is 0 Å². The second-order valence-electron chi connectivity index (χ2n) is 3.45. The van der Waals surface area contributed by atoms with Gasteiger partial charge < -0.3 is 10.1 Å². The third-order valence-electron chi connectivity index (χ3n) is 2.17. The van der Waals surface area contributed by atoms with E-state index in [1.165, 1.54) is 6.20 Å². The van der Waals surface area contributed by atoms with Gasteiger partial charge in [-0.2, -0.15) is 5.26 Å². The normalized spacial score (nSPS) is 10.6. The Bertz CT molecular complexity index is 449. The van der Waals surface area contributed by atoms with Gasteiger partial charge in [-0.25, -0.2) is 4.79 Å². The highest BCUT2D eigenvalue weighted by Crippen LogP contribution is 1.97. The third kappa shape index (κ3) is 4.66. The monoisotopic (exact) mass is 245 g/mol. The number of carbonyl (C=O) groups is 1. The zero-order valence-electron chi connectivity index (χ0n) is 10.2. The number of nitrogens with zero attached hydrogens (tertiary/aromatic N) is 2. The number of hydrogen-bond acceptors (Lipinski definition) is 5. The van der Waals surface area contributed by atoms with Gasteiger partial charge in [-0.1, -0.05) is 0 Å². The Morgan fingerprint density at radius 2 is 2.28 bits per heavy atom. The van der Waals surface area contributed by atoms with Gasteiger partial charge in [-0.05, 0) is 31.0 Å². The van der Waals surface area contributed by atoms with E-state index in [0.717, 1.165) is 12.0 Å². The number of hydrogen-bond donors (Lipinski definition) is 1. The van der Waals surface area contributed by atoms with Crippen LogP contribution in [0.1, 0.15) is 12.5 Å². The van der Waals surface area contributed by atoms with Crippen molar-refractivity contribution in [3.63, 3.8) is 0 Å². The maximum absolute atomic E-state index is 11.3. The largest absolute Gasteiger partial charge is 0.462 e. The minimum Gasteiger partial charge on any atom is -0.462 e. The van der Waals surface area contributed by atoms with Gasteiger partial charge in [-0.3, -0.25) is 4.98 Å². The summed E-state index contributed by atoms with van der Waals surface area (Å²) in [6.07, 6.45) is 5.63. The number of ether oxygens (including phenoxy) is 1. The Hall–Kier alpha value is -2.35. The van der Waals surface area contributed by atoms with Crippen molar-refractivity contribution in [3.8, 4) is 6.07 Å². The minimum absolute atomic E-state index is 0.0217. The second kappa shape index (κ2) is 7.85. The number of aromatic nitrogens is 1. The molecule has 0 saturated carbocycles. The molecule has 0 aromatic carbocycles. The topological polar surface area (TPSA) is 75.0 Å². The Balaban J connectivity index is 2.39. The molecule has 0 spiro atoms. The van der Waals surface area contributed by atoms with E-state index in [0.29, 0.717) is 6.54 Å². The fourth-order valence-electron chi connectivity index (χ4n) is 1.29. The van der Waals surface area contributed by atoms with Crippen molar-refractivity contribution in [2.75, 3.05) is 13.2 Å². The van der Waals surface area contributed by atoms with Gasteiger partial charge >= 0.3 is 5.97 Å². The fraction of sp³-hybridized carbons (Fsp3) is 0.308. The smallest absolute Gasteiger partial charge is 0.350 e. The average molecular weight is 245 g/mol. The lowest BCUT2D eigenvalue weighted by Crippen LogP contribution is -2.14. The number of rotatable bonds is 6. The minimum atomic E-state index is -0.601. The van der Waals surface area contributed by atoms with Crippen LogP contribution in [-0.2, 0) is 16.0 Å². The van der Waals surface area contributed by atoms with Crippen LogP contribution in [0.2, 0.25) is 0 Å². The van der Waals surface area contributed by atoms with Crippen LogP contribution in [0, 0.1) is 11.3 Å². The van der Waals surface area contributed by atoms with Crippen LogP contribution in [-0.4, -0.2) is 24.1 Å². The van der Waals surface area contributed by atoms with Crippen LogP contribution in [0.25, 0.3) is 0 Å². The summed E-state index contributed by atoms with van der Waals surface area (Å²) in [5.74, 6) is -0.601. The van der Waals surface area contributed by atoms with Crippen molar-refractivity contribution in [1.29, 1.82) is 5.26 Å². The highest BCUT2D eigenvalue weighted by molar-refractivity contribution is 5.92. The molecule has 1 aromatic heterocycles. The Morgan fingerprint density at radius 3 is 2.89 bits per heavy atom. The van der Waals surface area contributed by atoms with Crippen molar-refractivity contribution in [3.05, 3.63) is 41.9 Å². The predicted octanol–water partition coefficient (Wildman–Crippen LogP) is 1.18.